The lowest BCUT2D eigenvalue weighted by molar-refractivity contribution is -0.136. The molecule has 3 aliphatic rings. The number of hydrogen-bond donors (Lipinski definition) is 0. The van der Waals surface area contributed by atoms with E-state index in [1.165, 1.54) is 0 Å². The average molecular weight is 440 g/mol. The van der Waals surface area contributed by atoms with Gasteiger partial charge in [0, 0.05) is 49.8 Å². The monoisotopic (exact) mass is 439 g/mol. The summed E-state index contributed by atoms with van der Waals surface area (Å²) in [5.41, 5.74) is 0.440. The lowest BCUT2D eigenvalue weighted by Gasteiger charge is -2.45. The van der Waals surface area contributed by atoms with Crippen molar-refractivity contribution in [2.24, 2.45) is 0 Å². The molecule has 3 rings (SSSR count). The van der Waals surface area contributed by atoms with Gasteiger partial charge in [-0.05, 0) is 67.7 Å². The van der Waals surface area contributed by atoms with Crippen molar-refractivity contribution in [2.75, 3.05) is 45.9 Å². The molecule has 0 aromatic heterocycles. The van der Waals surface area contributed by atoms with Gasteiger partial charge in [0.1, 0.15) is 0 Å². The van der Waals surface area contributed by atoms with E-state index in [9.17, 15) is 4.79 Å². The highest BCUT2D eigenvalue weighted by Gasteiger charge is 2.33. The molecule has 3 heterocycles. The number of carbonyl (C=O) groups is 1. The van der Waals surface area contributed by atoms with Gasteiger partial charge >= 0.3 is 0 Å². The van der Waals surface area contributed by atoms with Gasteiger partial charge in [-0.1, -0.05) is 6.92 Å². The van der Waals surface area contributed by atoms with Gasteiger partial charge in [-0.2, -0.15) is 0 Å². The summed E-state index contributed by atoms with van der Waals surface area (Å²) in [4.78, 5) is 19.0. The first kappa shape index (κ1) is 26.6. The minimum atomic E-state index is 0.0751. The van der Waals surface area contributed by atoms with Gasteiger partial charge in [-0.3, -0.25) is 14.6 Å². The van der Waals surface area contributed by atoms with Crippen LogP contribution in [0.1, 0.15) is 81.1 Å². The second kappa shape index (κ2) is 11.4. The Hall–Kier alpha value is -0.690. The summed E-state index contributed by atoms with van der Waals surface area (Å²) in [5, 5.41) is 0. The molecule has 0 saturated carbocycles. The second-order valence-corrected chi connectivity index (χ2v) is 11.4. The van der Waals surface area contributed by atoms with E-state index in [1.54, 1.807) is 0 Å². The number of likely N-dealkylation sites (tertiary alicyclic amines) is 1. The van der Waals surface area contributed by atoms with E-state index in [-0.39, 0.29) is 23.1 Å². The third-order valence-corrected chi connectivity index (χ3v) is 6.77. The molecule has 6 heteroatoms. The quantitative estimate of drug-likeness (QED) is 0.670. The standard InChI is InChI=1S/C14H26N2O2.C11H23NO/c1-14(2,3)16-8-9-18-12(11-16)10-13(17)15-6-4-5-7-15;1-6-10-7-12(11(3,4)5)9(2)8-13-10/h12H,4-11H2,1-3H3;9-10H,6-8H2,1-5H3. The zero-order chi connectivity index (χ0) is 23.2. The van der Waals surface area contributed by atoms with Crippen molar-refractivity contribution in [3.63, 3.8) is 0 Å². The Morgan fingerprint density at radius 2 is 1.55 bits per heavy atom. The number of morpholine rings is 2. The van der Waals surface area contributed by atoms with E-state index >= 15 is 0 Å². The van der Waals surface area contributed by atoms with Gasteiger partial charge in [0.15, 0.2) is 0 Å². The maximum atomic E-state index is 12.1. The lowest BCUT2D eigenvalue weighted by Crippen LogP contribution is -2.55. The molecular weight excluding hydrogens is 390 g/mol. The Bertz CT molecular complexity index is 549. The van der Waals surface area contributed by atoms with Crippen LogP contribution in [0, 0.1) is 0 Å². The topological polar surface area (TPSA) is 45.2 Å². The molecule has 0 N–H and O–H groups in total. The second-order valence-electron chi connectivity index (χ2n) is 11.4. The van der Waals surface area contributed by atoms with E-state index in [1.807, 2.05) is 4.90 Å². The van der Waals surface area contributed by atoms with E-state index in [2.05, 4.69) is 65.2 Å². The third kappa shape index (κ3) is 8.30. The molecule has 6 nitrogen and oxygen atoms in total. The Morgan fingerprint density at radius 3 is 2.10 bits per heavy atom. The van der Waals surface area contributed by atoms with Crippen molar-refractivity contribution in [2.45, 2.75) is 110 Å². The molecule has 0 aromatic carbocycles. The first-order valence-electron chi connectivity index (χ1n) is 12.4. The molecule has 3 fully saturated rings. The van der Waals surface area contributed by atoms with Crippen LogP contribution in [-0.2, 0) is 14.3 Å². The zero-order valence-corrected chi connectivity index (χ0v) is 21.6. The fourth-order valence-electron chi connectivity index (χ4n) is 4.74. The molecule has 182 valence electrons. The van der Waals surface area contributed by atoms with Gasteiger partial charge in [0.05, 0.1) is 31.8 Å². The summed E-state index contributed by atoms with van der Waals surface area (Å²) < 4.78 is 11.5. The van der Waals surface area contributed by atoms with Gasteiger partial charge in [0.25, 0.3) is 0 Å². The van der Waals surface area contributed by atoms with Gasteiger partial charge in [-0.25, -0.2) is 0 Å². The fraction of sp³-hybridized carbons (Fsp3) is 0.960. The SMILES string of the molecule is CC(C)(C)N1CCOC(CC(=O)N2CCCC2)C1.CCC1CN(C(C)(C)C)C(C)CO1. The Balaban J connectivity index is 0.000000233. The van der Waals surface area contributed by atoms with Crippen LogP contribution >= 0.6 is 0 Å². The number of amides is 1. The maximum absolute atomic E-state index is 12.1. The highest BCUT2D eigenvalue weighted by molar-refractivity contribution is 5.77. The molecule has 3 unspecified atom stereocenters. The van der Waals surface area contributed by atoms with Crippen LogP contribution < -0.4 is 0 Å². The van der Waals surface area contributed by atoms with Crippen molar-refractivity contribution in [1.29, 1.82) is 0 Å². The average Bonchev–Trinajstić information content (AvgIpc) is 3.22. The van der Waals surface area contributed by atoms with Crippen LogP contribution in [0.2, 0.25) is 0 Å². The predicted octanol–water partition coefficient (Wildman–Crippen LogP) is 3.78. The predicted molar refractivity (Wildman–Crippen MR) is 127 cm³/mol. The van der Waals surface area contributed by atoms with E-state index in [4.69, 9.17) is 9.47 Å². The van der Waals surface area contributed by atoms with Gasteiger partial charge < -0.3 is 14.4 Å². The Labute approximate surface area is 191 Å². The highest BCUT2D eigenvalue weighted by Crippen LogP contribution is 2.23. The minimum absolute atomic E-state index is 0.0751. The van der Waals surface area contributed by atoms with E-state index in [0.29, 0.717) is 18.6 Å². The van der Waals surface area contributed by atoms with Crippen molar-refractivity contribution in [1.82, 2.24) is 14.7 Å². The Kier molecular flexibility index (Phi) is 9.80. The molecule has 3 atom stereocenters. The molecule has 3 aliphatic heterocycles. The van der Waals surface area contributed by atoms with E-state index < -0.39 is 0 Å². The Morgan fingerprint density at radius 1 is 0.903 bits per heavy atom. The zero-order valence-electron chi connectivity index (χ0n) is 21.6. The first-order chi connectivity index (χ1) is 14.4. The molecule has 0 bridgehead atoms. The molecule has 0 aliphatic carbocycles. The summed E-state index contributed by atoms with van der Waals surface area (Å²) in [6.07, 6.45) is 4.50. The number of rotatable bonds is 3. The smallest absolute Gasteiger partial charge is 0.225 e. The number of nitrogens with zero attached hydrogens (tertiary/aromatic N) is 3. The molecule has 3 saturated heterocycles. The van der Waals surface area contributed by atoms with Crippen LogP contribution in [0.4, 0.5) is 0 Å². The molecular formula is C25H49N3O3. The van der Waals surface area contributed by atoms with E-state index in [0.717, 1.165) is 65.2 Å². The number of hydrogen-bond acceptors (Lipinski definition) is 5. The first-order valence-corrected chi connectivity index (χ1v) is 12.4. The van der Waals surface area contributed by atoms with Crippen molar-refractivity contribution >= 4 is 5.91 Å². The summed E-state index contributed by atoms with van der Waals surface area (Å²) in [6, 6.07) is 0.558. The summed E-state index contributed by atoms with van der Waals surface area (Å²) in [5.74, 6) is 0.272. The third-order valence-electron chi connectivity index (χ3n) is 6.77. The molecule has 0 aromatic rings. The van der Waals surface area contributed by atoms with Crippen molar-refractivity contribution in [3.8, 4) is 0 Å². The van der Waals surface area contributed by atoms with Crippen molar-refractivity contribution < 1.29 is 14.3 Å². The fourth-order valence-corrected chi connectivity index (χ4v) is 4.74. The summed E-state index contributed by atoms with van der Waals surface area (Å²) in [6.45, 7) is 24.4. The van der Waals surface area contributed by atoms with Gasteiger partial charge in [0.2, 0.25) is 5.91 Å². The molecule has 31 heavy (non-hydrogen) atoms. The maximum Gasteiger partial charge on any atom is 0.225 e. The number of ether oxygens (including phenoxy) is 2. The van der Waals surface area contributed by atoms with Gasteiger partial charge in [-0.15, -0.1) is 0 Å². The number of carbonyl (C=O) groups excluding carboxylic acids is 1. The van der Waals surface area contributed by atoms with Crippen LogP contribution in [0.3, 0.4) is 0 Å². The minimum Gasteiger partial charge on any atom is -0.375 e. The molecule has 1 amide bonds. The normalized spacial score (nSPS) is 28.9. The summed E-state index contributed by atoms with van der Waals surface area (Å²) >= 11 is 0. The van der Waals surface area contributed by atoms with Crippen LogP contribution in [0.25, 0.3) is 0 Å². The van der Waals surface area contributed by atoms with Crippen LogP contribution in [0.5, 0.6) is 0 Å². The molecule has 0 spiro atoms. The summed E-state index contributed by atoms with van der Waals surface area (Å²) in [7, 11) is 0. The van der Waals surface area contributed by atoms with Crippen LogP contribution in [-0.4, -0.2) is 95.9 Å². The molecule has 0 radical (unpaired) electrons. The lowest BCUT2D eigenvalue weighted by atomic mass is 10.0. The van der Waals surface area contributed by atoms with Crippen LogP contribution in [0.15, 0.2) is 0 Å². The largest absolute Gasteiger partial charge is 0.375 e. The van der Waals surface area contributed by atoms with Crippen molar-refractivity contribution in [3.05, 3.63) is 0 Å². The highest BCUT2D eigenvalue weighted by atomic mass is 16.5.